The molecule has 168 valence electrons. The molecule has 1 amide bonds. The third-order valence-electron chi connectivity index (χ3n) is 5.51. The maximum atomic E-state index is 13.3. The number of nitrogens with one attached hydrogen (secondary N) is 2. The van der Waals surface area contributed by atoms with Crippen LogP contribution in [-0.2, 0) is 10.0 Å². The van der Waals surface area contributed by atoms with Crippen LogP contribution >= 0.6 is 0 Å². The monoisotopic (exact) mass is 456 g/mol. The fourth-order valence-corrected chi connectivity index (χ4v) is 5.49. The van der Waals surface area contributed by atoms with E-state index in [1.807, 2.05) is 0 Å². The Morgan fingerprint density at radius 1 is 1.09 bits per heavy atom. The van der Waals surface area contributed by atoms with Crippen molar-refractivity contribution < 1.29 is 17.9 Å². The summed E-state index contributed by atoms with van der Waals surface area (Å²) in [5, 5.41) is 3.05. The Balaban J connectivity index is 1.65. The number of aromatic nitrogens is 2. The smallest absolute Gasteiger partial charge is 0.258 e. The van der Waals surface area contributed by atoms with E-state index in [1.54, 1.807) is 12.1 Å². The van der Waals surface area contributed by atoms with E-state index in [-0.39, 0.29) is 21.8 Å². The van der Waals surface area contributed by atoms with Gasteiger partial charge in [-0.05, 0) is 49.2 Å². The molecule has 0 saturated carbocycles. The van der Waals surface area contributed by atoms with Crippen molar-refractivity contribution in [2.75, 3.05) is 25.5 Å². The van der Waals surface area contributed by atoms with Crippen molar-refractivity contribution >= 4 is 32.5 Å². The van der Waals surface area contributed by atoms with Gasteiger partial charge in [0.2, 0.25) is 10.0 Å². The number of ether oxygens (including phenoxy) is 1. The molecule has 1 saturated heterocycles. The molecule has 0 atom stereocenters. The third-order valence-corrected chi connectivity index (χ3v) is 7.43. The van der Waals surface area contributed by atoms with Crippen LogP contribution < -0.4 is 15.6 Å². The SMILES string of the molecule is COc1ccc(C(=O)Nc2ccc3nc[nH]c(=O)c3c2)cc1S(=O)(=O)N1CCCCCC1. The summed E-state index contributed by atoms with van der Waals surface area (Å²) in [4.78, 5) is 31.4. The molecule has 0 radical (unpaired) electrons. The average molecular weight is 457 g/mol. The standard InChI is InChI=1S/C22H24N4O5S/c1-31-19-9-6-15(12-20(19)32(29,30)26-10-4-2-3-5-11-26)21(27)25-16-7-8-18-17(13-16)22(28)24-14-23-18/h6-9,12-14H,2-5,10-11H2,1H3,(H,25,27)(H,23,24,28). The number of methoxy groups -OCH3 is 1. The Bertz CT molecular complexity index is 1310. The number of H-pyrrole nitrogens is 1. The van der Waals surface area contributed by atoms with Gasteiger partial charge >= 0.3 is 0 Å². The number of hydrogen-bond acceptors (Lipinski definition) is 6. The minimum absolute atomic E-state index is 0.0336. The van der Waals surface area contributed by atoms with Gasteiger partial charge in [-0.1, -0.05) is 12.8 Å². The van der Waals surface area contributed by atoms with Gasteiger partial charge in [0, 0.05) is 24.3 Å². The second kappa shape index (κ2) is 9.09. The molecule has 4 rings (SSSR count). The molecule has 1 aliphatic heterocycles. The van der Waals surface area contributed by atoms with E-state index in [1.165, 1.54) is 42.0 Å². The molecule has 0 unspecified atom stereocenters. The maximum Gasteiger partial charge on any atom is 0.258 e. The number of rotatable bonds is 5. The number of aromatic amines is 1. The molecule has 3 aromatic rings. The summed E-state index contributed by atoms with van der Waals surface area (Å²) in [7, 11) is -2.42. The number of carbonyl (C=O) groups excluding carboxylic acids is 1. The summed E-state index contributed by atoms with van der Waals surface area (Å²) >= 11 is 0. The van der Waals surface area contributed by atoms with E-state index in [0.717, 1.165) is 25.7 Å². The minimum atomic E-state index is -3.82. The van der Waals surface area contributed by atoms with Crippen LogP contribution in [0.15, 0.2) is 52.4 Å². The van der Waals surface area contributed by atoms with Gasteiger partial charge < -0.3 is 15.0 Å². The predicted octanol–water partition coefficient (Wildman–Crippen LogP) is 2.75. The highest BCUT2D eigenvalue weighted by atomic mass is 32.2. The predicted molar refractivity (Wildman–Crippen MR) is 121 cm³/mol. The van der Waals surface area contributed by atoms with E-state index < -0.39 is 15.9 Å². The molecule has 0 spiro atoms. The van der Waals surface area contributed by atoms with Gasteiger partial charge in [-0.25, -0.2) is 13.4 Å². The lowest BCUT2D eigenvalue weighted by atomic mass is 10.2. The van der Waals surface area contributed by atoms with Gasteiger partial charge in [-0.3, -0.25) is 9.59 Å². The highest BCUT2D eigenvalue weighted by Gasteiger charge is 2.29. The Hall–Kier alpha value is -3.24. The van der Waals surface area contributed by atoms with Crippen LogP contribution in [0.25, 0.3) is 10.9 Å². The van der Waals surface area contributed by atoms with Crippen LogP contribution in [0.5, 0.6) is 5.75 Å². The van der Waals surface area contributed by atoms with Crippen molar-refractivity contribution in [2.45, 2.75) is 30.6 Å². The van der Waals surface area contributed by atoms with E-state index in [0.29, 0.717) is 29.7 Å². The minimum Gasteiger partial charge on any atom is -0.495 e. The van der Waals surface area contributed by atoms with Gasteiger partial charge in [-0.2, -0.15) is 4.31 Å². The Kier molecular flexibility index (Phi) is 6.24. The quantitative estimate of drug-likeness (QED) is 0.609. The Labute approximate surface area is 185 Å². The van der Waals surface area contributed by atoms with Crippen LogP contribution in [0.2, 0.25) is 0 Å². The molecular formula is C22H24N4O5S. The number of amides is 1. The first-order chi connectivity index (χ1) is 15.4. The summed E-state index contributed by atoms with van der Waals surface area (Å²) in [6.45, 7) is 0.892. The lowest BCUT2D eigenvalue weighted by Crippen LogP contribution is -2.32. The normalized spacial score (nSPS) is 15.3. The van der Waals surface area contributed by atoms with Crippen LogP contribution in [0, 0.1) is 0 Å². The summed E-state index contributed by atoms with van der Waals surface area (Å²) in [5.41, 5.74) is 0.747. The van der Waals surface area contributed by atoms with Gasteiger partial charge in [-0.15, -0.1) is 0 Å². The lowest BCUT2D eigenvalue weighted by Gasteiger charge is -2.21. The van der Waals surface area contributed by atoms with Crippen LogP contribution in [0.4, 0.5) is 5.69 Å². The number of nitrogens with zero attached hydrogens (tertiary/aromatic N) is 2. The zero-order chi connectivity index (χ0) is 22.7. The molecule has 2 heterocycles. The molecule has 2 aromatic carbocycles. The summed E-state index contributed by atoms with van der Waals surface area (Å²) < 4.78 is 33.4. The first-order valence-corrected chi connectivity index (χ1v) is 11.8. The van der Waals surface area contributed by atoms with E-state index in [4.69, 9.17) is 4.74 Å². The van der Waals surface area contributed by atoms with Crippen LogP contribution in [0.3, 0.4) is 0 Å². The molecule has 2 N–H and O–H groups in total. The lowest BCUT2D eigenvalue weighted by molar-refractivity contribution is 0.102. The van der Waals surface area contributed by atoms with E-state index in [2.05, 4.69) is 15.3 Å². The van der Waals surface area contributed by atoms with E-state index in [9.17, 15) is 18.0 Å². The van der Waals surface area contributed by atoms with Crippen molar-refractivity contribution in [2.24, 2.45) is 0 Å². The van der Waals surface area contributed by atoms with Gasteiger partial charge in [0.05, 0.1) is 24.3 Å². The highest BCUT2D eigenvalue weighted by molar-refractivity contribution is 7.89. The molecule has 1 aliphatic rings. The molecule has 0 bridgehead atoms. The Morgan fingerprint density at radius 2 is 1.84 bits per heavy atom. The molecule has 10 heteroatoms. The van der Waals surface area contributed by atoms with Gasteiger partial charge in [0.25, 0.3) is 11.5 Å². The van der Waals surface area contributed by atoms with Crippen molar-refractivity contribution in [3.05, 3.63) is 58.6 Å². The number of benzene rings is 2. The second-order valence-corrected chi connectivity index (χ2v) is 9.51. The molecule has 32 heavy (non-hydrogen) atoms. The van der Waals surface area contributed by atoms with Crippen LogP contribution in [0.1, 0.15) is 36.0 Å². The number of anilines is 1. The Morgan fingerprint density at radius 3 is 2.56 bits per heavy atom. The molecule has 1 aromatic heterocycles. The maximum absolute atomic E-state index is 13.3. The zero-order valence-corrected chi connectivity index (χ0v) is 18.4. The highest BCUT2D eigenvalue weighted by Crippen LogP contribution is 2.29. The van der Waals surface area contributed by atoms with Crippen LogP contribution in [-0.4, -0.2) is 48.8 Å². The average Bonchev–Trinajstić information content (AvgIpc) is 3.09. The molecule has 9 nitrogen and oxygen atoms in total. The van der Waals surface area contributed by atoms with Crippen molar-refractivity contribution in [3.8, 4) is 5.75 Å². The largest absolute Gasteiger partial charge is 0.495 e. The van der Waals surface area contributed by atoms with Crippen molar-refractivity contribution in [3.63, 3.8) is 0 Å². The number of sulfonamides is 1. The molecule has 0 aliphatic carbocycles. The number of hydrogen-bond donors (Lipinski definition) is 2. The summed E-state index contributed by atoms with van der Waals surface area (Å²) in [5.74, 6) is -0.311. The van der Waals surface area contributed by atoms with Gasteiger partial charge in [0.15, 0.2) is 0 Å². The van der Waals surface area contributed by atoms with Crippen molar-refractivity contribution in [1.82, 2.24) is 14.3 Å². The first-order valence-electron chi connectivity index (χ1n) is 10.4. The van der Waals surface area contributed by atoms with E-state index >= 15 is 0 Å². The summed E-state index contributed by atoms with van der Waals surface area (Å²) in [6.07, 6.45) is 4.91. The number of fused-ring (bicyclic) bond motifs is 1. The molecular weight excluding hydrogens is 432 g/mol. The molecule has 1 fully saturated rings. The zero-order valence-electron chi connectivity index (χ0n) is 17.6. The fourth-order valence-electron chi connectivity index (χ4n) is 3.79. The number of carbonyl (C=O) groups is 1. The summed E-state index contributed by atoms with van der Waals surface area (Å²) in [6, 6.07) is 9.11. The topological polar surface area (TPSA) is 121 Å². The second-order valence-electron chi connectivity index (χ2n) is 7.60. The fraction of sp³-hybridized carbons (Fsp3) is 0.318. The third kappa shape index (κ3) is 4.37. The van der Waals surface area contributed by atoms with Gasteiger partial charge in [0.1, 0.15) is 10.6 Å². The first kappa shape index (κ1) is 22.0. The van der Waals surface area contributed by atoms with Crippen molar-refractivity contribution in [1.29, 1.82) is 0 Å².